The van der Waals surface area contributed by atoms with Gasteiger partial charge in [0.25, 0.3) is 0 Å². The number of hydrogen-bond donors (Lipinski definition) is 0. The van der Waals surface area contributed by atoms with Crippen LogP contribution >= 0.6 is 0 Å². The fraction of sp³-hybridized carbons (Fsp3) is 0.538. The molecule has 0 spiro atoms. The highest BCUT2D eigenvalue weighted by atomic mass is 16.5. The van der Waals surface area contributed by atoms with Crippen molar-refractivity contribution in [2.24, 2.45) is 5.92 Å². The first kappa shape index (κ1) is 11.1. The van der Waals surface area contributed by atoms with E-state index in [2.05, 4.69) is 4.98 Å². The van der Waals surface area contributed by atoms with Gasteiger partial charge in [-0.3, -0.25) is 4.79 Å². The third-order valence-corrected chi connectivity index (χ3v) is 2.94. The first-order chi connectivity index (χ1) is 7.78. The average molecular weight is 219 g/mol. The van der Waals surface area contributed by atoms with Crippen molar-refractivity contribution in [3.8, 4) is 5.88 Å². The Hall–Kier alpha value is -1.38. The highest BCUT2D eigenvalue weighted by Gasteiger charge is 2.21. The van der Waals surface area contributed by atoms with Crippen molar-refractivity contribution in [1.29, 1.82) is 0 Å². The first-order valence-electron chi connectivity index (χ1n) is 5.78. The summed E-state index contributed by atoms with van der Waals surface area (Å²) in [4.78, 5) is 15.7. The number of ether oxygens (including phenoxy) is 1. The maximum absolute atomic E-state index is 11.6. The third-order valence-electron chi connectivity index (χ3n) is 2.94. The van der Waals surface area contributed by atoms with Crippen molar-refractivity contribution in [1.82, 2.24) is 4.98 Å². The van der Waals surface area contributed by atoms with Gasteiger partial charge in [-0.25, -0.2) is 4.98 Å². The molecule has 0 aromatic carbocycles. The number of pyridine rings is 1. The van der Waals surface area contributed by atoms with Gasteiger partial charge in [0.2, 0.25) is 5.88 Å². The molecule has 0 atom stereocenters. The van der Waals surface area contributed by atoms with Crippen LogP contribution < -0.4 is 4.74 Å². The summed E-state index contributed by atoms with van der Waals surface area (Å²) in [6.45, 7) is 0. The Bertz CT molecular complexity index is 355. The summed E-state index contributed by atoms with van der Waals surface area (Å²) < 4.78 is 4.97. The zero-order valence-corrected chi connectivity index (χ0v) is 9.61. The highest BCUT2D eigenvalue weighted by molar-refractivity contribution is 5.80. The van der Waals surface area contributed by atoms with Crippen LogP contribution in [0.2, 0.25) is 0 Å². The van der Waals surface area contributed by atoms with Crippen molar-refractivity contribution in [3.63, 3.8) is 0 Å². The van der Waals surface area contributed by atoms with E-state index in [-0.39, 0.29) is 0 Å². The monoisotopic (exact) mass is 219 g/mol. The number of carbonyl (C=O) groups is 1. The van der Waals surface area contributed by atoms with Gasteiger partial charge in [-0.1, -0.05) is 18.9 Å². The number of ketones is 1. The number of aromatic nitrogens is 1. The van der Waals surface area contributed by atoms with E-state index >= 15 is 0 Å². The Morgan fingerprint density at radius 3 is 2.88 bits per heavy atom. The van der Waals surface area contributed by atoms with Gasteiger partial charge in [-0.2, -0.15) is 0 Å². The van der Waals surface area contributed by atoms with Crippen LogP contribution in [0.1, 0.15) is 31.2 Å². The van der Waals surface area contributed by atoms with E-state index in [1.54, 1.807) is 19.4 Å². The molecule has 86 valence electrons. The summed E-state index contributed by atoms with van der Waals surface area (Å²) in [5, 5.41) is 0. The molecule has 0 unspecified atom stereocenters. The smallest absolute Gasteiger partial charge is 0.212 e. The van der Waals surface area contributed by atoms with Gasteiger partial charge in [-0.15, -0.1) is 0 Å². The van der Waals surface area contributed by atoms with Crippen LogP contribution in [0.15, 0.2) is 18.3 Å². The lowest BCUT2D eigenvalue weighted by Gasteiger charge is -2.02. The van der Waals surface area contributed by atoms with Gasteiger partial charge >= 0.3 is 0 Å². The molecular formula is C13H17NO2. The minimum absolute atomic E-state index is 0.318. The minimum atomic E-state index is 0.318. The Kier molecular flexibility index (Phi) is 3.54. The highest BCUT2D eigenvalue weighted by Crippen LogP contribution is 2.33. The van der Waals surface area contributed by atoms with Crippen molar-refractivity contribution < 1.29 is 9.53 Å². The van der Waals surface area contributed by atoms with Gasteiger partial charge in [0.05, 0.1) is 7.11 Å². The second kappa shape index (κ2) is 5.10. The van der Waals surface area contributed by atoms with E-state index in [4.69, 9.17) is 4.74 Å². The van der Waals surface area contributed by atoms with E-state index in [9.17, 15) is 4.79 Å². The van der Waals surface area contributed by atoms with Gasteiger partial charge in [-0.05, 0) is 17.9 Å². The largest absolute Gasteiger partial charge is 0.481 e. The van der Waals surface area contributed by atoms with Crippen LogP contribution in [0.4, 0.5) is 0 Å². The lowest BCUT2D eigenvalue weighted by molar-refractivity contribution is -0.118. The summed E-state index contributed by atoms with van der Waals surface area (Å²) in [6, 6.07) is 3.70. The number of Topliss-reactive ketones (excluding diaryl/α,β-unsaturated/α-hetero) is 1. The molecule has 1 aromatic rings. The van der Waals surface area contributed by atoms with E-state index in [1.165, 1.54) is 12.8 Å². The van der Waals surface area contributed by atoms with Gasteiger partial charge in [0.1, 0.15) is 5.78 Å². The van der Waals surface area contributed by atoms with Crippen LogP contribution in [-0.2, 0) is 11.2 Å². The number of nitrogens with zero attached hydrogens (tertiary/aromatic N) is 1. The molecule has 1 saturated carbocycles. The maximum atomic E-state index is 11.6. The van der Waals surface area contributed by atoms with Crippen LogP contribution in [0.5, 0.6) is 5.88 Å². The molecule has 0 radical (unpaired) electrons. The van der Waals surface area contributed by atoms with Gasteiger partial charge < -0.3 is 4.74 Å². The molecule has 1 aliphatic carbocycles. The summed E-state index contributed by atoms with van der Waals surface area (Å²) >= 11 is 0. The fourth-order valence-electron chi connectivity index (χ4n) is 1.72. The number of methoxy groups -OCH3 is 1. The second-order valence-electron chi connectivity index (χ2n) is 4.41. The number of rotatable bonds is 6. The summed E-state index contributed by atoms with van der Waals surface area (Å²) in [6.07, 6.45) is 6.64. The Balaban J connectivity index is 1.79. The van der Waals surface area contributed by atoms with Crippen molar-refractivity contribution in [2.45, 2.75) is 32.1 Å². The maximum Gasteiger partial charge on any atom is 0.212 e. The standard InChI is InChI=1S/C13H17NO2/c1-16-13-7-5-11(9-14-13)8-12(15)6-4-10-2-3-10/h5,7,9-10H,2-4,6,8H2,1H3. The summed E-state index contributed by atoms with van der Waals surface area (Å²) in [7, 11) is 1.59. The normalized spacial score (nSPS) is 14.8. The molecule has 3 heteroatoms. The molecule has 1 heterocycles. The Morgan fingerprint density at radius 1 is 1.50 bits per heavy atom. The predicted octanol–water partition coefficient (Wildman–Crippen LogP) is 2.39. The molecule has 0 N–H and O–H groups in total. The third kappa shape index (κ3) is 3.33. The summed E-state index contributed by atoms with van der Waals surface area (Å²) in [5.41, 5.74) is 0.974. The Morgan fingerprint density at radius 2 is 2.31 bits per heavy atom. The Labute approximate surface area is 95.8 Å². The predicted molar refractivity (Wildman–Crippen MR) is 61.5 cm³/mol. The zero-order valence-electron chi connectivity index (χ0n) is 9.61. The molecule has 0 bridgehead atoms. The SMILES string of the molecule is COc1ccc(CC(=O)CCC2CC2)cn1. The first-order valence-corrected chi connectivity index (χ1v) is 5.78. The van der Waals surface area contributed by atoms with Crippen LogP contribution in [-0.4, -0.2) is 17.9 Å². The molecule has 2 rings (SSSR count). The van der Waals surface area contributed by atoms with E-state index < -0.39 is 0 Å². The topological polar surface area (TPSA) is 39.2 Å². The van der Waals surface area contributed by atoms with Crippen LogP contribution in [0, 0.1) is 5.92 Å². The van der Waals surface area contributed by atoms with Crippen LogP contribution in [0.3, 0.4) is 0 Å². The van der Waals surface area contributed by atoms with Crippen LogP contribution in [0.25, 0.3) is 0 Å². The number of hydrogen-bond acceptors (Lipinski definition) is 3. The fourth-order valence-corrected chi connectivity index (χ4v) is 1.72. The van der Waals surface area contributed by atoms with E-state index in [0.29, 0.717) is 18.1 Å². The lowest BCUT2D eigenvalue weighted by Crippen LogP contribution is -2.03. The van der Waals surface area contributed by atoms with Gasteiger partial charge in [0.15, 0.2) is 0 Å². The average Bonchev–Trinajstić information content (AvgIpc) is 3.11. The molecule has 1 aliphatic rings. The second-order valence-corrected chi connectivity index (χ2v) is 4.41. The zero-order chi connectivity index (χ0) is 11.4. The minimum Gasteiger partial charge on any atom is -0.481 e. The molecule has 16 heavy (non-hydrogen) atoms. The van der Waals surface area contributed by atoms with Crippen molar-refractivity contribution in [2.75, 3.05) is 7.11 Å². The molecule has 3 nitrogen and oxygen atoms in total. The van der Waals surface area contributed by atoms with Gasteiger partial charge in [0, 0.05) is 25.1 Å². The van der Waals surface area contributed by atoms with E-state index in [0.717, 1.165) is 24.3 Å². The molecule has 0 amide bonds. The lowest BCUT2D eigenvalue weighted by atomic mass is 10.1. The van der Waals surface area contributed by atoms with E-state index in [1.807, 2.05) is 6.07 Å². The summed E-state index contributed by atoms with van der Waals surface area (Å²) in [5.74, 6) is 1.74. The molecular weight excluding hydrogens is 202 g/mol. The quantitative estimate of drug-likeness (QED) is 0.737. The molecule has 1 aromatic heterocycles. The van der Waals surface area contributed by atoms with Crippen molar-refractivity contribution in [3.05, 3.63) is 23.9 Å². The van der Waals surface area contributed by atoms with Crippen molar-refractivity contribution >= 4 is 5.78 Å². The molecule has 1 fully saturated rings. The molecule has 0 aliphatic heterocycles. The number of carbonyl (C=O) groups excluding carboxylic acids is 1. The molecule has 0 saturated heterocycles.